The van der Waals surface area contributed by atoms with Crippen LogP contribution in [-0.4, -0.2) is 38.6 Å². The van der Waals surface area contributed by atoms with Crippen molar-refractivity contribution in [2.75, 3.05) is 33.7 Å². The van der Waals surface area contributed by atoms with Gasteiger partial charge in [0.15, 0.2) is 0 Å². The molecule has 1 N–H and O–H groups in total. The standard InChI is InChI=1S/C14H32N2/c1-5-7-9-14(6-2)10-12-15-11-8-13-16(3)4/h14-15H,5-13H2,1-4H3. The van der Waals surface area contributed by atoms with Gasteiger partial charge < -0.3 is 10.2 Å². The molecule has 1 unspecified atom stereocenters. The van der Waals surface area contributed by atoms with Crippen LogP contribution in [-0.2, 0) is 0 Å². The highest BCUT2D eigenvalue weighted by Gasteiger charge is 2.04. The summed E-state index contributed by atoms with van der Waals surface area (Å²) in [6, 6.07) is 0. The van der Waals surface area contributed by atoms with Crippen molar-refractivity contribution >= 4 is 0 Å². The molecule has 0 aromatic rings. The van der Waals surface area contributed by atoms with Crippen LogP contribution in [0.15, 0.2) is 0 Å². The first kappa shape index (κ1) is 15.9. The molecular weight excluding hydrogens is 196 g/mol. The first-order valence-electron chi connectivity index (χ1n) is 7.06. The maximum Gasteiger partial charge on any atom is -0.00127 e. The summed E-state index contributed by atoms with van der Waals surface area (Å²) in [5.41, 5.74) is 0. The van der Waals surface area contributed by atoms with Crippen molar-refractivity contribution in [2.24, 2.45) is 5.92 Å². The van der Waals surface area contributed by atoms with Gasteiger partial charge in [0.25, 0.3) is 0 Å². The van der Waals surface area contributed by atoms with Crippen LogP contribution in [0.25, 0.3) is 0 Å². The summed E-state index contributed by atoms with van der Waals surface area (Å²) in [4.78, 5) is 2.25. The van der Waals surface area contributed by atoms with Crippen LogP contribution in [0, 0.1) is 5.92 Å². The molecule has 0 aromatic carbocycles. The predicted molar refractivity (Wildman–Crippen MR) is 74.0 cm³/mol. The molecule has 0 spiro atoms. The lowest BCUT2D eigenvalue weighted by Crippen LogP contribution is -2.23. The monoisotopic (exact) mass is 228 g/mol. The Morgan fingerprint density at radius 2 is 1.75 bits per heavy atom. The number of unbranched alkanes of at least 4 members (excludes halogenated alkanes) is 1. The van der Waals surface area contributed by atoms with Gasteiger partial charge in [0.1, 0.15) is 0 Å². The molecule has 0 saturated heterocycles. The molecule has 0 fully saturated rings. The lowest BCUT2D eigenvalue weighted by molar-refractivity contribution is 0.382. The Labute approximate surface area is 103 Å². The van der Waals surface area contributed by atoms with E-state index in [1.807, 2.05) is 0 Å². The van der Waals surface area contributed by atoms with Gasteiger partial charge in [0, 0.05) is 0 Å². The van der Waals surface area contributed by atoms with E-state index >= 15 is 0 Å². The van der Waals surface area contributed by atoms with Crippen LogP contribution < -0.4 is 5.32 Å². The van der Waals surface area contributed by atoms with Gasteiger partial charge >= 0.3 is 0 Å². The third kappa shape index (κ3) is 10.4. The van der Waals surface area contributed by atoms with E-state index in [1.54, 1.807) is 0 Å². The van der Waals surface area contributed by atoms with Gasteiger partial charge in [-0.2, -0.15) is 0 Å². The molecule has 0 saturated carbocycles. The zero-order valence-electron chi connectivity index (χ0n) is 11.9. The third-order valence-electron chi connectivity index (χ3n) is 3.23. The second-order valence-corrected chi connectivity index (χ2v) is 5.11. The van der Waals surface area contributed by atoms with Crippen LogP contribution in [0.4, 0.5) is 0 Å². The van der Waals surface area contributed by atoms with Gasteiger partial charge in [-0.15, -0.1) is 0 Å². The van der Waals surface area contributed by atoms with Crippen LogP contribution in [0.1, 0.15) is 52.4 Å². The van der Waals surface area contributed by atoms with Gasteiger partial charge in [0.05, 0.1) is 0 Å². The Morgan fingerprint density at radius 1 is 1.00 bits per heavy atom. The van der Waals surface area contributed by atoms with E-state index in [4.69, 9.17) is 0 Å². The van der Waals surface area contributed by atoms with Crippen molar-refractivity contribution in [2.45, 2.75) is 52.4 Å². The summed E-state index contributed by atoms with van der Waals surface area (Å²) in [5.74, 6) is 0.946. The van der Waals surface area contributed by atoms with Crippen molar-refractivity contribution in [3.8, 4) is 0 Å². The fourth-order valence-corrected chi connectivity index (χ4v) is 2.00. The van der Waals surface area contributed by atoms with Gasteiger partial charge in [-0.25, -0.2) is 0 Å². The maximum absolute atomic E-state index is 3.56. The van der Waals surface area contributed by atoms with E-state index in [0.29, 0.717) is 0 Å². The summed E-state index contributed by atoms with van der Waals surface area (Å²) in [7, 11) is 4.27. The fourth-order valence-electron chi connectivity index (χ4n) is 2.00. The summed E-state index contributed by atoms with van der Waals surface area (Å²) in [6.45, 7) is 8.18. The van der Waals surface area contributed by atoms with Gasteiger partial charge in [-0.05, 0) is 52.5 Å². The molecule has 1 atom stereocenters. The van der Waals surface area contributed by atoms with Gasteiger partial charge in [-0.3, -0.25) is 0 Å². The summed E-state index contributed by atoms with van der Waals surface area (Å²) in [5, 5.41) is 3.56. The van der Waals surface area contributed by atoms with Crippen molar-refractivity contribution in [1.29, 1.82) is 0 Å². The minimum absolute atomic E-state index is 0.946. The number of rotatable bonds is 11. The topological polar surface area (TPSA) is 15.3 Å². The van der Waals surface area contributed by atoms with Crippen molar-refractivity contribution in [1.82, 2.24) is 10.2 Å². The number of nitrogens with one attached hydrogen (secondary N) is 1. The molecule has 0 rings (SSSR count). The minimum Gasteiger partial charge on any atom is -0.317 e. The number of hydrogen-bond acceptors (Lipinski definition) is 2. The van der Waals surface area contributed by atoms with Crippen LogP contribution >= 0.6 is 0 Å². The number of nitrogens with zero attached hydrogens (tertiary/aromatic N) is 1. The van der Waals surface area contributed by atoms with Crippen LogP contribution in [0.3, 0.4) is 0 Å². The quantitative estimate of drug-likeness (QED) is 0.547. The summed E-state index contributed by atoms with van der Waals surface area (Å²) < 4.78 is 0. The molecule has 0 aromatic heterocycles. The van der Waals surface area contributed by atoms with E-state index in [0.717, 1.165) is 5.92 Å². The second-order valence-electron chi connectivity index (χ2n) is 5.11. The molecule has 0 aliphatic rings. The highest BCUT2D eigenvalue weighted by atomic mass is 15.0. The molecule has 0 bridgehead atoms. The second kappa shape index (κ2) is 11.4. The molecule has 0 heterocycles. The van der Waals surface area contributed by atoms with Crippen molar-refractivity contribution < 1.29 is 0 Å². The predicted octanol–water partition coefficient (Wildman–Crippen LogP) is 3.13. The largest absolute Gasteiger partial charge is 0.317 e. The molecule has 2 nitrogen and oxygen atoms in total. The van der Waals surface area contributed by atoms with E-state index in [9.17, 15) is 0 Å². The molecule has 0 amide bonds. The Morgan fingerprint density at radius 3 is 2.31 bits per heavy atom. The molecule has 2 heteroatoms. The van der Waals surface area contributed by atoms with E-state index < -0.39 is 0 Å². The molecular formula is C14H32N2. The number of hydrogen-bond donors (Lipinski definition) is 1. The van der Waals surface area contributed by atoms with Crippen molar-refractivity contribution in [3.63, 3.8) is 0 Å². The summed E-state index contributed by atoms with van der Waals surface area (Å²) >= 11 is 0. The maximum atomic E-state index is 3.56. The fraction of sp³-hybridized carbons (Fsp3) is 1.00. The average Bonchev–Trinajstić information content (AvgIpc) is 2.26. The van der Waals surface area contributed by atoms with E-state index in [2.05, 4.69) is 38.2 Å². The Hall–Kier alpha value is -0.0800. The van der Waals surface area contributed by atoms with E-state index in [-0.39, 0.29) is 0 Å². The van der Waals surface area contributed by atoms with Gasteiger partial charge in [0.2, 0.25) is 0 Å². The zero-order chi connectivity index (χ0) is 12.2. The average molecular weight is 228 g/mol. The zero-order valence-corrected chi connectivity index (χ0v) is 11.9. The first-order chi connectivity index (χ1) is 7.70. The van der Waals surface area contributed by atoms with Crippen LogP contribution in [0.2, 0.25) is 0 Å². The minimum atomic E-state index is 0.946. The smallest absolute Gasteiger partial charge is 0.00127 e. The molecule has 16 heavy (non-hydrogen) atoms. The molecule has 0 aliphatic carbocycles. The lowest BCUT2D eigenvalue weighted by atomic mass is 9.96. The lowest BCUT2D eigenvalue weighted by Gasteiger charge is -2.15. The van der Waals surface area contributed by atoms with Crippen molar-refractivity contribution in [3.05, 3.63) is 0 Å². The highest BCUT2D eigenvalue weighted by molar-refractivity contribution is 4.60. The molecule has 98 valence electrons. The molecule has 0 aliphatic heterocycles. The van der Waals surface area contributed by atoms with E-state index in [1.165, 1.54) is 58.2 Å². The summed E-state index contributed by atoms with van der Waals surface area (Å²) in [6.07, 6.45) is 8.13. The normalized spacial score (nSPS) is 13.3. The Kier molecular flexibility index (Phi) is 11.3. The third-order valence-corrected chi connectivity index (χ3v) is 3.23. The Balaban J connectivity index is 3.27. The SMILES string of the molecule is CCCCC(CC)CCNCCCN(C)C. The Bertz CT molecular complexity index is 135. The molecule has 0 radical (unpaired) electrons. The van der Waals surface area contributed by atoms with Gasteiger partial charge in [-0.1, -0.05) is 39.5 Å². The highest BCUT2D eigenvalue weighted by Crippen LogP contribution is 2.15. The first-order valence-corrected chi connectivity index (χ1v) is 7.06. The van der Waals surface area contributed by atoms with Crippen LogP contribution in [0.5, 0.6) is 0 Å².